The number of fused-ring (bicyclic) bond motifs is 8. The van der Waals surface area contributed by atoms with Gasteiger partial charge < -0.3 is 9.13 Å². The highest BCUT2D eigenvalue weighted by molar-refractivity contribution is 6.39. The van der Waals surface area contributed by atoms with E-state index in [1.807, 2.05) is 24.3 Å². The molecule has 0 aliphatic rings. The maximum Gasteiger partial charge on any atom is 0.164 e. The summed E-state index contributed by atoms with van der Waals surface area (Å²) in [4.78, 5) is 15.4. The minimum atomic E-state index is 0.617. The maximum absolute atomic E-state index is 5.20. The SMILES string of the molecule is c1ccc(-c2cccc(-c3nc(-c4ccccc4)nc(-c4ccc(-n5c6cc(-c7cccc8c9ccccc9n(-c9ccccc9)c78)cc7c8ccccc8c8c9ccccc9cc5c8c76)cc4)n3)c2)cc1. The minimum absolute atomic E-state index is 0.617. The second kappa shape index (κ2) is 15.9. The molecule has 0 saturated heterocycles. The topological polar surface area (TPSA) is 48.5 Å². The van der Waals surface area contributed by atoms with Crippen molar-refractivity contribution in [3.63, 3.8) is 0 Å². The van der Waals surface area contributed by atoms with Gasteiger partial charge in [0, 0.05) is 60.6 Å². The molecular formula is C67H41N5. The molecule has 15 aromatic rings. The fraction of sp³-hybridized carbons (Fsp3) is 0. The number of hydrogen-bond acceptors (Lipinski definition) is 3. The molecule has 0 amide bonds. The first kappa shape index (κ1) is 40.2. The third-order valence-corrected chi connectivity index (χ3v) is 14.7. The Morgan fingerprint density at radius 2 is 0.792 bits per heavy atom. The Morgan fingerprint density at radius 3 is 1.56 bits per heavy atom. The van der Waals surface area contributed by atoms with Crippen molar-refractivity contribution in [1.29, 1.82) is 0 Å². The first-order chi connectivity index (χ1) is 35.7. The van der Waals surface area contributed by atoms with Gasteiger partial charge in [-0.05, 0) is 110 Å². The van der Waals surface area contributed by atoms with Crippen LogP contribution < -0.4 is 0 Å². The first-order valence-electron chi connectivity index (χ1n) is 24.5. The second-order valence-electron chi connectivity index (χ2n) is 18.7. The summed E-state index contributed by atoms with van der Waals surface area (Å²) in [5.74, 6) is 1.87. The van der Waals surface area contributed by atoms with E-state index in [0.29, 0.717) is 17.5 Å². The van der Waals surface area contributed by atoms with Crippen molar-refractivity contribution in [2.24, 2.45) is 0 Å². The standard InChI is InChI=1S/C67H41N5/c1-4-18-42(19-5-1)45-23-16-24-47(38-45)67-69-65(43-20-6-2-7-21-43)68-66(70-67)44-34-36-50(37-35-44)71-59-41-48(52-31-17-32-56-54-29-14-15-33-58(54)72(64(52)56)49-25-8-3-9-26-49)39-57-53-28-12-13-30-55(53)61-51-27-11-10-22-46(51)40-60(71)63(61)62(57)59/h1-41H. The molecule has 0 aliphatic carbocycles. The van der Waals surface area contributed by atoms with Crippen LogP contribution in [-0.4, -0.2) is 24.1 Å². The van der Waals surface area contributed by atoms with Crippen LogP contribution in [0, 0.1) is 0 Å². The highest BCUT2D eigenvalue weighted by Crippen LogP contribution is 2.49. The molecule has 72 heavy (non-hydrogen) atoms. The van der Waals surface area contributed by atoms with E-state index < -0.39 is 0 Å². The molecule has 0 spiro atoms. The maximum atomic E-state index is 5.20. The summed E-state index contributed by atoms with van der Waals surface area (Å²) in [5, 5.41) is 12.5. The number of hydrogen-bond donors (Lipinski definition) is 0. The first-order valence-corrected chi connectivity index (χ1v) is 24.5. The lowest BCUT2D eigenvalue weighted by Gasteiger charge is -2.15. The Hall–Kier alpha value is -9.71. The molecular weight excluding hydrogens is 875 g/mol. The van der Waals surface area contributed by atoms with Crippen LogP contribution in [0.2, 0.25) is 0 Å². The van der Waals surface area contributed by atoms with Crippen molar-refractivity contribution in [2.75, 3.05) is 0 Å². The summed E-state index contributed by atoms with van der Waals surface area (Å²) in [6.07, 6.45) is 0. The zero-order valence-corrected chi connectivity index (χ0v) is 38.9. The Kier molecular flexibility index (Phi) is 8.89. The van der Waals surface area contributed by atoms with Gasteiger partial charge in [-0.2, -0.15) is 0 Å². The molecule has 15 rings (SSSR count). The predicted octanol–water partition coefficient (Wildman–Crippen LogP) is 17.3. The van der Waals surface area contributed by atoms with Gasteiger partial charge in [0.15, 0.2) is 17.5 Å². The zero-order chi connectivity index (χ0) is 47.3. The Labute approximate surface area is 414 Å². The molecule has 5 heteroatoms. The lowest BCUT2D eigenvalue weighted by Crippen LogP contribution is -2.01. The van der Waals surface area contributed by atoms with E-state index in [-0.39, 0.29) is 0 Å². The predicted molar refractivity (Wildman–Crippen MR) is 299 cm³/mol. The van der Waals surface area contributed by atoms with Crippen molar-refractivity contribution in [2.45, 2.75) is 0 Å². The number of rotatable bonds is 7. The normalized spacial score (nSPS) is 11.9. The Bertz CT molecular complexity index is 4590. The van der Waals surface area contributed by atoms with Crippen LogP contribution in [0.3, 0.4) is 0 Å². The molecule has 334 valence electrons. The quantitative estimate of drug-likeness (QED) is 0.150. The van der Waals surface area contributed by atoms with Crippen LogP contribution in [-0.2, 0) is 0 Å². The van der Waals surface area contributed by atoms with E-state index >= 15 is 0 Å². The van der Waals surface area contributed by atoms with Gasteiger partial charge in [-0.25, -0.2) is 15.0 Å². The monoisotopic (exact) mass is 915 g/mol. The number of benzene rings is 12. The summed E-state index contributed by atoms with van der Waals surface area (Å²) in [5.41, 5.74) is 14.3. The second-order valence-corrected chi connectivity index (χ2v) is 18.7. The van der Waals surface area contributed by atoms with Crippen LogP contribution in [0.25, 0.3) is 144 Å². The molecule has 0 fully saturated rings. The molecule has 3 aromatic heterocycles. The third kappa shape index (κ3) is 6.17. The number of aromatic nitrogens is 5. The Morgan fingerprint density at radius 1 is 0.250 bits per heavy atom. The van der Waals surface area contributed by atoms with Crippen molar-refractivity contribution in [3.05, 3.63) is 249 Å². The molecule has 0 atom stereocenters. The number of para-hydroxylation sites is 3. The highest BCUT2D eigenvalue weighted by atomic mass is 15.0. The summed E-state index contributed by atoms with van der Waals surface area (Å²) in [6.45, 7) is 0. The molecule has 0 bridgehead atoms. The molecule has 0 aliphatic heterocycles. The van der Waals surface area contributed by atoms with Gasteiger partial charge in [0.05, 0.1) is 22.1 Å². The average molecular weight is 916 g/mol. The number of nitrogens with zero attached hydrogens (tertiary/aromatic N) is 5. The fourth-order valence-electron chi connectivity index (χ4n) is 11.5. The zero-order valence-electron chi connectivity index (χ0n) is 38.9. The summed E-state index contributed by atoms with van der Waals surface area (Å²) < 4.78 is 4.93. The molecule has 0 unspecified atom stereocenters. The van der Waals surface area contributed by atoms with Gasteiger partial charge in [0.25, 0.3) is 0 Å². The fourth-order valence-corrected chi connectivity index (χ4v) is 11.5. The smallest absolute Gasteiger partial charge is 0.164 e. The molecule has 3 heterocycles. The van der Waals surface area contributed by atoms with Crippen LogP contribution in [0.4, 0.5) is 0 Å². The van der Waals surface area contributed by atoms with E-state index in [1.54, 1.807) is 0 Å². The van der Waals surface area contributed by atoms with Gasteiger partial charge in [-0.1, -0.05) is 182 Å². The van der Waals surface area contributed by atoms with Crippen molar-refractivity contribution < 1.29 is 0 Å². The van der Waals surface area contributed by atoms with E-state index in [1.165, 1.54) is 76.0 Å². The van der Waals surface area contributed by atoms with E-state index in [9.17, 15) is 0 Å². The van der Waals surface area contributed by atoms with E-state index in [4.69, 9.17) is 15.0 Å². The Balaban J connectivity index is 0.976. The average Bonchev–Trinajstić information content (AvgIpc) is 3.98. The van der Waals surface area contributed by atoms with Crippen LogP contribution in [0.5, 0.6) is 0 Å². The van der Waals surface area contributed by atoms with Crippen molar-refractivity contribution in [3.8, 4) is 67.8 Å². The lowest BCUT2D eigenvalue weighted by atomic mass is 9.89. The van der Waals surface area contributed by atoms with Crippen LogP contribution in [0.1, 0.15) is 0 Å². The summed E-state index contributed by atoms with van der Waals surface area (Å²) in [6, 6.07) is 89.4. The lowest BCUT2D eigenvalue weighted by molar-refractivity contribution is 1.07. The van der Waals surface area contributed by atoms with Gasteiger partial charge in [0.1, 0.15) is 0 Å². The van der Waals surface area contributed by atoms with Crippen LogP contribution >= 0.6 is 0 Å². The summed E-state index contributed by atoms with van der Waals surface area (Å²) in [7, 11) is 0. The molecule has 0 saturated carbocycles. The van der Waals surface area contributed by atoms with Gasteiger partial charge in [-0.15, -0.1) is 0 Å². The van der Waals surface area contributed by atoms with E-state index in [2.05, 4.69) is 234 Å². The molecule has 0 radical (unpaired) electrons. The molecule has 5 nitrogen and oxygen atoms in total. The largest absolute Gasteiger partial charge is 0.309 e. The molecule has 12 aromatic carbocycles. The van der Waals surface area contributed by atoms with E-state index in [0.717, 1.165) is 50.3 Å². The highest BCUT2D eigenvalue weighted by Gasteiger charge is 2.25. The third-order valence-electron chi connectivity index (χ3n) is 14.7. The minimum Gasteiger partial charge on any atom is -0.309 e. The van der Waals surface area contributed by atoms with Crippen LogP contribution in [0.15, 0.2) is 249 Å². The molecule has 0 N–H and O–H groups in total. The van der Waals surface area contributed by atoms with Gasteiger partial charge in [-0.3, -0.25) is 0 Å². The van der Waals surface area contributed by atoms with Gasteiger partial charge in [0.2, 0.25) is 0 Å². The van der Waals surface area contributed by atoms with Gasteiger partial charge >= 0.3 is 0 Å². The van der Waals surface area contributed by atoms with Crippen molar-refractivity contribution in [1.82, 2.24) is 24.1 Å². The van der Waals surface area contributed by atoms with Crippen molar-refractivity contribution >= 4 is 75.9 Å². The summed E-state index contributed by atoms with van der Waals surface area (Å²) >= 11 is 0.